The first-order valence-electron chi connectivity index (χ1n) is 13.5. The van der Waals surface area contributed by atoms with Crippen LogP contribution in [0.2, 0.25) is 0 Å². The first-order valence-corrected chi connectivity index (χ1v) is 13.5. The Kier molecular flexibility index (Phi) is 8.81. The van der Waals surface area contributed by atoms with E-state index < -0.39 is 23.8 Å². The number of aromatic nitrogens is 4. The van der Waals surface area contributed by atoms with Gasteiger partial charge >= 0.3 is 6.09 Å². The SMILES string of the molecule is CC(C)[C@H](NC(=O)c1ccccc1NC(=O)[C@@H]1CCCN1C(=O)OC(C)(C)C)c1nnnn1Cc1ccccc1. The Balaban J connectivity index is 1.50. The van der Waals surface area contributed by atoms with Crippen molar-refractivity contribution in [3.05, 3.63) is 71.5 Å². The van der Waals surface area contributed by atoms with E-state index in [0.29, 0.717) is 43.0 Å². The van der Waals surface area contributed by atoms with E-state index in [-0.39, 0.29) is 17.7 Å². The third-order valence-electron chi connectivity index (χ3n) is 6.58. The van der Waals surface area contributed by atoms with Crippen molar-refractivity contribution >= 4 is 23.6 Å². The monoisotopic (exact) mass is 547 g/mol. The van der Waals surface area contributed by atoms with E-state index in [4.69, 9.17) is 4.74 Å². The third-order valence-corrected chi connectivity index (χ3v) is 6.58. The molecule has 0 saturated carbocycles. The number of hydrogen-bond acceptors (Lipinski definition) is 7. The second-order valence-electron chi connectivity index (χ2n) is 11.2. The van der Waals surface area contributed by atoms with Crippen LogP contribution in [0.25, 0.3) is 0 Å². The highest BCUT2D eigenvalue weighted by molar-refractivity contribution is 6.05. The zero-order chi connectivity index (χ0) is 28.9. The number of carbonyl (C=O) groups is 3. The highest BCUT2D eigenvalue weighted by atomic mass is 16.6. The van der Waals surface area contributed by atoms with Crippen LogP contribution in [0.3, 0.4) is 0 Å². The molecular formula is C29H37N7O4. The van der Waals surface area contributed by atoms with Gasteiger partial charge in [0.1, 0.15) is 11.6 Å². The molecular weight excluding hydrogens is 510 g/mol. The van der Waals surface area contributed by atoms with Gasteiger partial charge in [-0.1, -0.05) is 56.3 Å². The van der Waals surface area contributed by atoms with Gasteiger partial charge in [-0.05, 0) is 67.7 Å². The molecule has 0 unspecified atom stereocenters. The van der Waals surface area contributed by atoms with E-state index >= 15 is 0 Å². The number of likely N-dealkylation sites (tertiary alicyclic amines) is 1. The predicted octanol–water partition coefficient (Wildman–Crippen LogP) is 4.19. The zero-order valence-corrected chi connectivity index (χ0v) is 23.6. The Hall–Kier alpha value is -4.28. The molecule has 3 aromatic rings. The van der Waals surface area contributed by atoms with E-state index in [9.17, 15) is 14.4 Å². The van der Waals surface area contributed by atoms with E-state index in [1.165, 1.54) is 4.90 Å². The molecule has 2 heterocycles. The Morgan fingerprint density at radius 2 is 1.75 bits per heavy atom. The Morgan fingerprint density at radius 1 is 1.05 bits per heavy atom. The average molecular weight is 548 g/mol. The minimum Gasteiger partial charge on any atom is -0.444 e. The molecule has 2 N–H and O–H groups in total. The maximum atomic E-state index is 13.6. The number of amides is 3. The number of anilines is 1. The number of para-hydroxylation sites is 1. The smallest absolute Gasteiger partial charge is 0.410 e. The lowest BCUT2D eigenvalue weighted by Gasteiger charge is -2.28. The van der Waals surface area contributed by atoms with Crippen LogP contribution in [0, 0.1) is 5.92 Å². The van der Waals surface area contributed by atoms with Gasteiger partial charge in [-0.15, -0.1) is 5.10 Å². The van der Waals surface area contributed by atoms with Gasteiger partial charge in [0.25, 0.3) is 5.91 Å². The summed E-state index contributed by atoms with van der Waals surface area (Å²) in [5.41, 5.74) is 1.02. The van der Waals surface area contributed by atoms with Crippen LogP contribution < -0.4 is 10.6 Å². The van der Waals surface area contributed by atoms with Crippen molar-refractivity contribution in [2.45, 2.75) is 71.7 Å². The molecule has 0 spiro atoms. The summed E-state index contributed by atoms with van der Waals surface area (Å²) in [4.78, 5) is 41.0. The third kappa shape index (κ3) is 7.02. The first-order chi connectivity index (χ1) is 19.0. The van der Waals surface area contributed by atoms with Crippen molar-refractivity contribution < 1.29 is 19.1 Å². The summed E-state index contributed by atoms with van der Waals surface area (Å²) in [5, 5.41) is 18.2. The molecule has 0 radical (unpaired) electrons. The maximum Gasteiger partial charge on any atom is 0.410 e. The number of hydrogen-bond donors (Lipinski definition) is 2. The molecule has 1 aliphatic rings. The van der Waals surface area contributed by atoms with E-state index in [1.807, 2.05) is 44.2 Å². The van der Waals surface area contributed by atoms with Gasteiger partial charge in [0.15, 0.2) is 5.82 Å². The van der Waals surface area contributed by atoms with E-state index in [0.717, 1.165) is 5.56 Å². The number of tetrazole rings is 1. The lowest BCUT2D eigenvalue weighted by molar-refractivity contribution is -0.120. The summed E-state index contributed by atoms with van der Waals surface area (Å²) in [6, 6.07) is 15.4. The van der Waals surface area contributed by atoms with Crippen LogP contribution in [0.1, 0.15) is 75.2 Å². The molecule has 3 amide bonds. The van der Waals surface area contributed by atoms with Gasteiger partial charge in [0.2, 0.25) is 5.91 Å². The number of benzene rings is 2. The molecule has 4 rings (SSSR count). The number of rotatable bonds is 8. The molecule has 40 heavy (non-hydrogen) atoms. The highest BCUT2D eigenvalue weighted by Gasteiger charge is 2.37. The zero-order valence-electron chi connectivity index (χ0n) is 23.6. The van der Waals surface area contributed by atoms with Crippen LogP contribution in [-0.4, -0.2) is 61.2 Å². The minimum absolute atomic E-state index is 0.0212. The largest absolute Gasteiger partial charge is 0.444 e. The number of ether oxygens (including phenoxy) is 1. The van der Waals surface area contributed by atoms with Crippen LogP contribution in [0.15, 0.2) is 54.6 Å². The molecule has 11 nitrogen and oxygen atoms in total. The van der Waals surface area contributed by atoms with E-state index in [1.54, 1.807) is 49.7 Å². The highest BCUT2D eigenvalue weighted by Crippen LogP contribution is 2.25. The van der Waals surface area contributed by atoms with Crippen molar-refractivity contribution in [2.24, 2.45) is 5.92 Å². The van der Waals surface area contributed by atoms with Crippen molar-refractivity contribution in [2.75, 3.05) is 11.9 Å². The van der Waals surface area contributed by atoms with Crippen molar-refractivity contribution in [3.63, 3.8) is 0 Å². The van der Waals surface area contributed by atoms with Gasteiger partial charge in [0.05, 0.1) is 23.8 Å². The Morgan fingerprint density at radius 3 is 2.45 bits per heavy atom. The molecule has 1 saturated heterocycles. The maximum absolute atomic E-state index is 13.6. The lowest BCUT2D eigenvalue weighted by Crippen LogP contribution is -2.45. The Bertz CT molecular complexity index is 1330. The van der Waals surface area contributed by atoms with Crippen molar-refractivity contribution in [1.82, 2.24) is 30.4 Å². The van der Waals surface area contributed by atoms with Gasteiger partial charge < -0.3 is 15.4 Å². The molecule has 11 heteroatoms. The fourth-order valence-electron chi connectivity index (χ4n) is 4.64. The average Bonchev–Trinajstić information content (AvgIpc) is 3.57. The normalized spacial score (nSPS) is 16.1. The summed E-state index contributed by atoms with van der Waals surface area (Å²) < 4.78 is 7.17. The standard InChI is InChI=1S/C29H37N7O4/c1-19(2)24(25-32-33-34-36(25)18-20-12-7-6-8-13-20)31-26(37)21-14-9-10-15-22(21)30-27(38)23-16-11-17-35(23)28(39)40-29(3,4)5/h6-10,12-15,19,23-24H,11,16-18H2,1-5H3,(H,30,38)(H,31,37)/t23-,24-/m0/s1. The van der Waals surface area contributed by atoms with E-state index in [2.05, 4.69) is 26.2 Å². The van der Waals surface area contributed by atoms with Crippen LogP contribution in [0.4, 0.5) is 10.5 Å². The molecule has 0 aliphatic carbocycles. The van der Waals surface area contributed by atoms with Gasteiger partial charge in [-0.25, -0.2) is 9.48 Å². The van der Waals surface area contributed by atoms with Crippen molar-refractivity contribution in [3.8, 4) is 0 Å². The number of nitrogens with one attached hydrogen (secondary N) is 2. The van der Waals surface area contributed by atoms with Gasteiger partial charge in [-0.3, -0.25) is 14.5 Å². The molecule has 2 atom stereocenters. The topological polar surface area (TPSA) is 131 Å². The number of nitrogens with zero attached hydrogens (tertiary/aromatic N) is 5. The second kappa shape index (κ2) is 12.3. The molecule has 0 bridgehead atoms. The number of carbonyl (C=O) groups excluding carboxylic acids is 3. The quantitative estimate of drug-likeness (QED) is 0.432. The van der Waals surface area contributed by atoms with Crippen LogP contribution >= 0.6 is 0 Å². The minimum atomic E-state index is -0.683. The summed E-state index contributed by atoms with van der Waals surface area (Å²) >= 11 is 0. The molecule has 1 fully saturated rings. The predicted molar refractivity (Wildman–Crippen MR) is 149 cm³/mol. The fraction of sp³-hybridized carbons (Fsp3) is 0.448. The summed E-state index contributed by atoms with van der Waals surface area (Å²) in [6.07, 6.45) is 0.677. The van der Waals surface area contributed by atoms with Crippen LogP contribution in [-0.2, 0) is 16.1 Å². The van der Waals surface area contributed by atoms with Gasteiger partial charge in [-0.2, -0.15) is 0 Å². The molecule has 212 valence electrons. The van der Waals surface area contributed by atoms with Crippen LogP contribution in [0.5, 0.6) is 0 Å². The fourth-order valence-corrected chi connectivity index (χ4v) is 4.64. The summed E-state index contributed by atoms with van der Waals surface area (Å²) in [7, 11) is 0. The van der Waals surface area contributed by atoms with Gasteiger partial charge in [0, 0.05) is 6.54 Å². The Labute approximate surface area is 234 Å². The second-order valence-corrected chi connectivity index (χ2v) is 11.2. The van der Waals surface area contributed by atoms with Crippen molar-refractivity contribution in [1.29, 1.82) is 0 Å². The molecule has 1 aliphatic heterocycles. The first kappa shape index (κ1) is 28.7. The lowest BCUT2D eigenvalue weighted by atomic mass is 10.0. The summed E-state index contributed by atoms with van der Waals surface area (Å²) in [6.45, 7) is 10.2. The molecule has 1 aromatic heterocycles. The summed E-state index contributed by atoms with van der Waals surface area (Å²) in [5.74, 6) is -0.227. The molecule has 2 aromatic carbocycles.